The first-order chi connectivity index (χ1) is 7.26. The van der Waals surface area contributed by atoms with Gasteiger partial charge in [-0.15, -0.1) is 0 Å². The van der Waals surface area contributed by atoms with Crippen LogP contribution in [0.4, 0.5) is 0 Å². The van der Waals surface area contributed by atoms with Crippen LogP contribution in [0.25, 0.3) is 6.08 Å². The van der Waals surface area contributed by atoms with E-state index in [2.05, 4.69) is 10.1 Å². The fourth-order valence-corrected chi connectivity index (χ4v) is 1.18. The van der Waals surface area contributed by atoms with E-state index >= 15 is 0 Å². The molecule has 3 nitrogen and oxygen atoms in total. The van der Waals surface area contributed by atoms with E-state index in [4.69, 9.17) is 0 Å². The Labute approximate surface area is 89.8 Å². The zero-order valence-electron chi connectivity index (χ0n) is 8.99. The van der Waals surface area contributed by atoms with Gasteiger partial charge in [-0.25, -0.2) is 4.79 Å². The maximum absolute atomic E-state index is 10.8. The lowest BCUT2D eigenvalue weighted by atomic mass is 10.1. The quantitative estimate of drug-likeness (QED) is 0.599. The van der Waals surface area contributed by atoms with Crippen LogP contribution in [0.5, 0.6) is 0 Å². The van der Waals surface area contributed by atoms with Crippen molar-refractivity contribution >= 4 is 12.0 Å². The highest BCUT2D eigenvalue weighted by molar-refractivity contribution is 5.86. The Morgan fingerprint density at radius 2 is 2.07 bits per heavy atom. The second-order valence-electron chi connectivity index (χ2n) is 3.13. The third-order valence-corrected chi connectivity index (χ3v) is 1.97. The van der Waals surface area contributed by atoms with Gasteiger partial charge in [0.1, 0.15) is 0 Å². The van der Waals surface area contributed by atoms with Crippen molar-refractivity contribution in [1.82, 2.24) is 5.32 Å². The lowest BCUT2D eigenvalue weighted by Crippen LogP contribution is -2.04. The van der Waals surface area contributed by atoms with Crippen molar-refractivity contribution in [1.29, 1.82) is 0 Å². The molecule has 0 atom stereocenters. The summed E-state index contributed by atoms with van der Waals surface area (Å²) in [7, 11) is 3.27. The summed E-state index contributed by atoms with van der Waals surface area (Å²) in [6, 6.07) is 7.97. The molecule has 80 valence electrons. The Bertz CT molecular complexity index is 341. The number of benzene rings is 1. The van der Waals surface area contributed by atoms with E-state index in [-0.39, 0.29) is 5.97 Å². The molecule has 1 rings (SSSR count). The van der Waals surface area contributed by atoms with Crippen LogP contribution >= 0.6 is 0 Å². The fraction of sp³-hybridized carbons (Fsp3) is 0.250. The van der Waals surface area contributed by atoms with Crippen molar-refractivity contribution in [3.63, 3.8) is 0 Å². The van der Waals surface area contributed by atoms with Crippen molar-refractivity contribution in [2.75, 3.05) is 14.2 Å². The molecular formula is C12H15NO2. The monoisotopic (exact) mass is 205 g/mol. The van der Waals surface area contributed by atoms with Gasteiger partial charge < -0.3 is 10.1 Å². The number of hydrogen-bond acceptors (Lipinski definition) is 3. The number of methoxy groups -OCH3 is 1. The number of rotatable bonds is 4. The van der Waals surface area contributed by atoms with Gasteiger partial charge in [0.15, 0.2) is 0 Å². The maximum atomic E-state index is 10.8. The molecule has 0 spiro atoms. The van der Waals surface area contributed by atoms with E-state index in [1.807, 2.05) is 31.3 Å². The summed E-state index contributed by atoms with van der Waals surface area (Å²) in [5.41, 5.74) is 2.20. The topological polar surface area (TPSA) is 38.3 Å². The molecule has 0 radical (unpaired) electrons. The molecule has 0 bridgehead atoms. The molecule has 0 saturated carbocycles. The zero-order valence-corrected chi connectivity index (χ0v) is 8.99. The number of carbonyl (C=O) groups excluding carboxylic acids is 1. The van der Waals surface area contributed by atoms with Gasteiger partial charge in [-0.3, -0.25) is 0 Å². The second kappa shape index (κ2) is 5.98. The minimum absolute atomic E-state index is 0.339. The van der Waals surface area contributed by atoms with Gasteiger partial charge in [-0.2, -0.15) is 0 Å². The largest absolute Gasteiger partial charge is 0.466 e. The van der Waals surface area contributed by atoms with E-state index in [9.17, 15) is 4.79 Å². The Hall–Kier alpha value is -1.61. The van der Waals surface area contributed by atoms with Crippen LogP contribution in [-0.4, -0.2) is 20.1 Å². The third-order valence-electron chi connectivity index (χ3n) is 1.97. The molecule has 0 heterocycles. The minimum atomic E-state index is -0.339. The Morgan fingerprint density at radius 3 is 2.60 bits per heavy atom. The Balaban J connectivity index is 2.64. The third kappa shape index (κ3) is 3.95. The van der Waals surface area contributed by atoms with Gasteiger partial charge in [0.25, 0.3) is 0 Å². The van der Waals surface area contributed by atoms with E-state index in [1.165, 1.54) is 18.7 Å². The van der Waals surface area contributed by atoms with Gasteiger partial charge in [0, 0.05) is 12.6 Å². The van der Waals surface area contributed by atoms with E-state index in [0.717, 1.165) is 12.1 Å². The van der Waals surface area contributed by atoms with Crippen molar-refractivity contribution in [3.8, 4) is 0 Å². The number of nitrogens with one attached hydrogen (secondary N) is 1. The molecule has 0 fully saturated rings. The van der Waals surface area contributed by atoms with Crippen LogP contribution in [-0.2, 0) is 16.1 Å². The first-order valence-electron chi connectivity index (χ1n) is 4.76. The predicted octanol–water partition coefficient (Wildman–Crippen LogP) is 1.59. The van der Waals surface area contributed by atoms with Gasteiger partial charge in [-0.1, -0.05) is 24.3 Å². The predicted molar refractivity (Wildman–Crippen MR) is 60.3 cm³/mol. The molecule has 0 amide bonds. The molecule has 15 heavy (non-hydrogen) atoms. The van der Waals surface area contributed by atoms with Crippen LogP contribution in [0.1, 0.15) is 11.1 Å². The van der Waals surface area contributed by atoms with Crippen LogP contribution < -0.4 is 5.32 Å². The van der Waals surface area contributed by atoms with E-state index < -0.39 is 0 Å². The molecular weight excluding hydrogens is 190 g/mol. The smallest absolute Gasteiger partial charge is 0.330 e. The fourth-order valence-electron chi connectivity index (χ4n) is 1.18. The van der Waals surface area contributed by atoms with Crippen LogP contribution in [0.3, 0.4) is 0 Å². The zero-order chi connectivity index (χ0) is 11.1. The summed E-state index contributed by atoms with van der Waals surface area (Å²) in [6.07, 6.45) is 3.14. The van der Waals surface area contributed by atoms with Crippen LogP contribution in [0, 0.1) is 0 Å². The Morgan fingerprint density at radius 1 is 1.40 bits per heavy atom. The van der Waals surface area contributed by atoms with Crippen molar-refractivity contribution in [2.24, 2.45) is 0 Å². The van der Waals surface area contributed by atoms with Crippen molar-refractivity contribution in [3.05, 3.63) is 41.5 Å². The molecule has 0 aliphatic carbocycles. The van der Waals surface area contributed by atoms with Gasteiger partial charge >= 0.3 is 5.97 Å². The van der Waals surface area contributed by atoms with Crippen molar-refractivity contribution < 1.29 is 9.53 Å². The normalized spacial score (nSPS) is 10.5. The van der Waals surface area contributed by atoms with Gasteiger partial charge in [-0.05, 0) is 24.3 Å². The summed E-state index contributed by atoms with van der Waals surface area (Å²) in [4.78, 5) is 10.8. The molecule has 1 aromatic carbocycles. The van der Waals surface area contributed by atoms with Crippen molar-refractivity contribution in [2.45, 2.75) is 6.54 Å². The molecule has 0 unspecified atom stereocenters. The lowest BCUT2D eigenvalue weighted by molar-refractivity contribution is -0.134. The maximum Gasteiger partial charge on any atom is 0.330 e. The molecule has 0 saturated heterocycles. The molecule has 0 aromatic heterocycles. The summed E-state index contributed by atoms with van der Waals surface area (Å²) < 4.78 is 4.50. The first-order valence-corrected chi connectivity index (χ1v) is 4.76. The summed E-state index contributed by atoms with van der Waals surface area (Å²) >= 11 is 0. The summed E-state index contributed by atoms with van der Waals surface area (Å²) in [5, 5.41) is 3.07. The summed E-state index contributed by atoms with van der Waals surface area (Å²) in [5.74, 6) is -0.339. The molecule has 1 aromatic rings. The number of carbonyl (C=O) groups is 1. The highest BCUT2D eigenvalue weighted by atomic mass is 16.5. The molecule has 1 N–H and O–H groups in total. The number of esters is 1. The second-order valence-corrected chi connectivity index (χ2v) is 3.13. The average Bonchev–Trinajstić information content (AvgIpc) is 2.28. The molecule has 0 aliphatic heterocycles. The van der Waals surface area contributed by atoms with Gasteiger partial charge in [0.05, 0.1) is 7.11 Å². The molecule has 0 aliphatic rings. The van der Waals surface area contributed by atoms with Crippen LogP contribution in [0.2, 0.25) is 0 Å². The number of ether oxygens (including phenoxy) is 1. The van der Waals surface area contributed by atoms with Gasteiger partial charge in [0.2, 0.25) is 0 Å². The average molecular weight is 205 g/mol. The van der Waals surface area contributed by atoms with Crippen LogP contribution in [0.15, 0.2) is 30.3 Å². The van der Waals surface area contributed by atoms with E-state index in [0.29, 0.717) is 0 Å². The SMILES string of the molecule is CNCc1ccc(C=CC(=O)OC)cc1. The first kappa shape index (κ1) is 11.5. The Kier molecular flexibility index (Phi) is 4.57. The highest BCUT2D eigenvalue weighted by Gasteiger charge is 1.93. The standard InChI is InChI=1S/C12H15NO2/c1-13-9-11-5-3-10(4-6-11)7-8-12(14)15-2/h3-8,13H,9H2,1-2H3. The molecule has 3 heteroatoms. The minimum Gasteiger partial charge on any atom is -0.466 e. The van der Waals surface area contributed by atoms with E-state index in [1.54, 1.807) is 6.08 Å². The number of hydrogen-bond donors (Lipinski definition) is 1. The highest BCUT2D eigenvalue weighted by Crippen LogP contribution is 2.06. The lowest BCUT2D eigenvalue weighted by Gasteiger charge is -1.99. The summed E-state index contributed by atoms with van der Waals surface area (Å²) in [6.45, 7) is 0.848.